The van der Waals surface area contributed by atoms with Crippen molar-refractivity contribution in [1.29, 1.82) is 0 Å². The lowest BCUT2D eigenvalue weighted by Gasteiger charge is -2.19. The minimum Gasteiger partial charge on any atom is -0.379 e. The van der Waals surface area contributed by atoms with Crippen LogP contribution in [0.15, 0.2) is 24.3 Å². The van der Waals surface area contributed by atoms with Gasteiger partial charge in [0.05, 0.1) is 19.3 Å². The molecule has 0 aliphatic heterocycles. The van der Waals surface area contributed by atoms with E-state index in [4.69, 9.17) is 9.47 Å². The van der Waals surface area contributed by atoms with E-state index in [1.165, 1.54) is 6.07 Å². The molecule has 1 N–H and O–H groups in total. The smallest absolute Gasteiger partial charge is 0.129 e. The highest BCUT2D eigenvalue weighted by molar-refractivity contribution is 5.20. The van der Waals surface area contributed by atoms with Gasteiger partial charge in [-0.2, -0.15) is 0 Å². The molecule has 1 unspecified atom stereocenters. The Morgan fingerprint density at radius 1 is 1.16 bits per heavy atom. The summed E-state index contributed by atoms with van der Waals surface area (Å²) in [5.41, 5.74) is 0.596. The summed E-state index contributed by atoms with van der Waals surface area (Å²) in [6.45, 7) is 7.28. The Labute approximate surface area is 115 Å². The third-order valence-corrected chi connectivity index (χ3v) is 2.73. The summed E-state index contributed by atoms with van der Waals surface area (Å²) in [6.07, 6.45) is 0.722. The van der Waals surface area contributed by atoms with Crippen molar-refractivity contribution in [3.63, 3.8) is 0 Å². The van der Waals surface area contributed by atoms with Crippen molar-refractivity contribution in [2.75, 3.05) is 32.9 Å². The lowest BCUT2D eigenvalue weighted by atomic mass is 10.1. The summed E-state index contributed by atoms with van der Waals surface area (Å²) >= 11 is 0. The largest absolute Gasteiger partial charge is 0.379 e. The number of halogens is 1. The molecule has 1 atom stereocenters. The van der Waals surface area contributed by atoms with Crippen molar-refractivity contribution < 1.29 is 13.9 Å². The number of hydrogen-bond acceptors (Lipinski definition) is 3. The average Bonchev–Trinajstić information content (AvgIpc) is 2.43. The third-order valence-electron chi connectivity index (χ3n) is 2.73. The first kappa shape index (κ1) is 16.1. The molecular formula is C15H24FNO2. The van der Waals surface area contributed by atoms with E-state index in [1.807, 2.05) is 13.0 Å². The maximum absolute atomic E-state index is 13.8. The van der Waals surface area contributed by atoms with Gasteiger partial charge in [-0.15, -0.1) is 0 Å². The van der Waals surface area contributed by atoms with Crippen molar-refractivity contribution >= 4 is 0 Å². The molecular weight excluding hydrogens is 245 g/mol. The highest BCUT2D eigenvalue weighted by atomic mass is 19.1. The van der Waals surface area contributed by atoms with Gasteiger partial charge in [0.15, 0.2) is 0 Å². The fourth-order valence-corrected chi connectivity index (χ4v) is 1.77. The van der Waals surface area contributed by atoms with Gasteiger partial charge in [-0.3, -0.25) is 0 Å². The molecule has 1 aromatic rings. The zero-order valence-electron chi connectivity index (χ0n) is 11.8. The standard InChI is InChI=1S/C15H24FNO2/c1-3-9-18-10-11-19-15(12-17-4-2)13-7-5-6-8-14(13)16/h5-8,15,17H,3-4,9-12H2,1-2H3. The lowest BCUT2D eigenvalue weighted by Crippen LogP contribution is -2.25. The normalized spacial score (nSPS) is 12.6. The number of nitrogens with one attached hydrogen (secondary N) is 1. The highest BCUT2D eigenvalue weighted by Crippen LogP contribution is 2.19. The third kappa shape index (κ3) is 6.14. The second-order valence-corrected chi connectivity index (χ2v) is 4.30. The van der Waals surface area contributed by atoms with Crippen LogP contribution in [0, 0.1) is 5.82 Å². The van der Waals surface area contributed by atoms with Gasteiger partial charge in [0.2, 0.25) is 0 Å². The van der Waals surface area contributed by atoms with Crippen LogP contribution in [-0.4, -0.2) is 32.9 Å². The van der Waals surface area contributed by atoms with Gasteiger partial charge in [0.1, 0.15) is 5.82 Å². The summed E-state index contributed by atoms with van der Waals surface area (Å²) in [6, 6.07) is 6.75. The van der Waals surface area contributed by atoms with Gasteiger partial charge in [-0.1, -0.05) is 32.0 Å². The first-order valence-corrected chi connectivity index (χ1v) is 6.94. The van der Waals surface area contributed by atoms with Crippen molar-refractivity contribution in [3.8, 4) is 0 Å². The van der Waals surface area contributed by atoms with Gasteiger partial charge in [0.25, 0.3) is 0 Å². The molecule has 0 fully saturated rings. The average molecular weight is 269 g/mol. The van der Waals surface area contributed by atoms with E-state index in [-0.39, 0.29) is 11.9 Å². The predicted octanol–water partition coefficient (Wildman–Crippen LogP) is 2.92. The predicted molar refractivity (Wildman–Crippen MR) is 74.7 cm³/mol. The van der Waals surface area contributed by atoms with Crippen LogP contribution in [0.2, 0.25) is 0 Å². The number of rotatable bonds is 10. The van der Waals surface area contributed by atoms with Crippen molar-refractivity contribution in [2.45, 2.75) is 26.4 Å². The van der Waals surface area contributed by atoms with Gasteiger partial charge >= 0.3 is 0 Å². The highest BCUT2D eigenvalue weighted by Gasteiger charge is 2.15. The number of benzene rings is 1. The van der Waals surface area contributed by atoms with E-state index in [1.54, 1.807) is 12.1 Å². The fourth-order valence-electron chi connectivity index (χ4n) is 1.77. The van der Waals surface area contributed by atoms with Crippen LogP contribution in [0.1, 0.15) is 31.9 Å². The van der Waals surface area contributed by atoms with E-state index in [2.05, 4.69) is 12.2 Å². The Hall–Kier alpha value is -0.970. The summed E-state index contributed by atoms with van der Waals surface area (Å²) in [5, 5.41) is 3.19. The zero-order valence-corrected chi connectivity index (χ0v) is 11.8. The fraction of sp³-hybridized carbons (Fsp3) is 0.600. The van der Waals surface area contributed by atoms with Crippen molar-refractivity contribution in [1.82, 2.24) is 5.32 Å². The maximum Gasteiger partial charge on any atom is 0.129 e. The molecule has 0 spiro atoms. The zero-order chi connectivity index (χ0) is 13.9. The molecule has 108 valence electrons. The van der Waals surface area contributed by atoms with E-state index in [0.29, 0.717) is 25.3 Å². The van der Waals surface area contributed by atoms with Crippen molar-refractivity contribution in [2.24, 2.45) is 0 Å². The molecule has 0 bridgehead atoms. The molecule has 3 nitrogen and oxygen atoms in total. The summed E-state index contributed by atoms with van der Waals surface area (Å²) in [4.78, 5) is 0. The van der Waals surface area contributed by atoms with Crippen LogP contribution in [-0.2, 0) is 9.47 Å². The van der Waals surface area contributed by atoms with Crippen LogP contribution < -0.4 is 5.32 Å². The Bertz CT molecular complexity index is 347. The van der Waals surface area contributed by atoms with Gasteiger partial charge < -0.3 is 14.8 Å². The molecule has 1 rings (SSSR count). The van der Waals surface area contributed by atoms with Crippen molar-refractivity contribution in [3.05, 3.63) is 35.6 Å². The Kier molecular flexibility index (Phi) is 8.38. The first-order chi connectivity index (χ1) is 9.29. The molecule has 19 heavy (non-hydrogen) atoms. The molecule has 4 heteroatoms. The number of hydrogen-bond donors (Lipinski definition) is 1. The van der Waals surface area contributed by atoms with Crippen LogP contribution >= 0.6 is 0 Å². The molecule has 0 saturated heterocycles. The molecule has 1 aromatic carbocycles. The molecule has 0 radical (unpaired) electrons. The minimum atomic E-state index is -0.272. The van der Waals surface area contributed by atoms with Gasteiger partial charge in [-0.25, -0.2) is 4.39 Å². The van der Waals surface area contributed by atoms with Gasteiger partial charge in [-0.05, 0) is 19.0 Å². The van der Waals surface area contributed by atoms with Crippen LogP contribution in [0.4, 0.5) is 4.39 Å². The van der Waals surface area contributed by atoms with Crippen LogP contribution in [0.25, 0.3) is 0 Å². The Morgan fingerprint density at radius 2 is 1.95 bits per heavy atom. The molecule has 0 aliphatic rings. The summed E-state index contributed by atoms with van der Waals surface area (Å²) in [5.74, 6) is -0.222. The van der Waals surface area contributed by atoms with Crippen LogP contribution in [0.5, 0.6) is 0 Å². The topological polar surface area (TPSA) is 30.5 Å². The van der Waals surface area contributed by atoms with Gasteiger partial charge in [0, 0.05) is 18.7 Å². The number of ether oxygens (including phenoxy) is 2. The maximum atomic E-state index is 13.8. The first-order valence-electron chi connectivity index (χ1n) is 6.94. The number of likely N-dealkylation sites (N-methyl/N-ethyl adjacent to an activating group) is 1. The van der Waals surface area contributed by atoms with Crippen LogP contribution in [0.3, 0.4) is 0 Å². The molecule has 0 amide bonds. The van der Waals surface area contributed by atoms with E-state index >= 15 is 0 Å². The molecule has 0 heterocycles. The van der Waals surface area contributed by atoms with E-state index < -0.39 is 0 Å². The SMILES string of the molecule is CCCOCCOC(CNCC)c1ccccc1F. The minimum absolute atomic E-state index is 0.222. The Morgan fingerprint density at radius 3 is 2.63 bits per heavy atom. The summed E-state index contributed by atoms with van der Waals surface area (Å²) < 4.78 is 24.9. The van der Waals surface area contributed by atoms with E-state index in [9.17, 15) is 4.39 Å². The lowest BCUT2D eigenvalue weighted by molar-refractivity contribution is 0.00310. The molecule has 0 saturated carbocycles. The summed E-state index contributed by atoms with van der Waals surface area (Å²) in [7, 11) is 0. The Balaban J connectivity index is 2.49. The second-order valence-electron chi connectivity index (χ2n) is 4.30. The molecule has 0 aliphatic carbocycles. The van der Waals surface area contributed by atoms with E-state index in [0.717, 1.165) is 19.6 Å². The molecule has 0 aromatic heterocycles. The second kappa shape index (κ2) is 9.89. The quantitative estimate of drug-likeness (QED) is 0.662. The monoisotopic (exact) mass is 269 g/mol.